The van der Waals surface area contributed by atoms with Crippen LogP contribution >= 0.6 is 0 Å². The molecular formula is C7H8O2S. The molecule has 54 valence electrons. The second-order valence-corrected chi connectivity index (χ2v) is 2.96. The molecule has 0 N–H and O–H groups in total. The summed E-state index contributed by atoms with van der Waals surface area (Å²) in [6.45, 7) is 0. The molecule has 0 radical (unpaired) electrons. The zero-order valence-electron chi connectivity index (χ0n) is 5.36. The van der Waals surface area contributed by atoms with Gasteiger partial charge < -0.3 is 0 Å². The van der Waals surface area contributed by atoms with Crippen molar-refractivity contribution in [2.24, 2.45) is 0 Å². The van der Waals surface area contributed by atoms with Crippen molar-refractivity contribution in [3.63, 3.8) is 0 Å². The fraction of sp³-hybridized carbons (Fsp3) is 0.143. The average Bonchev–Trinajstić information content (AvgIpc) is 1.88. The van der Waals surface area contributed by atoms with Gasteiger partial charge in [-0.3, -0.25) is 0 Å². The summed E-state index contributed by atoms with van der Waals surface area (Å²) in [5.41, 5.74) is 0.846. The molecule has 0 saturated heterocycles. The SMILES string of the molecule is O=[SH](=O)Cc1ccccc1. The third kappa shape index (κ3) is 2.19. The molecule has 1 aromatic rings. The fourth-order valence-corrected chi connectivity index (χ4v) is 1.24. The van der Waals surface area contributed by atoms with Crippen LogP contribution in [0.2, 0.25) is 0 Å². The lowest BCUT2D eigenvalue weighted by Gasteiger charge is -1.90. The van der Waals surface area contributed by atoms with Crippen LogP contribution in [0.25, 0.3) is 0 Å². The summed E-state index contributed by atoms with van der Waals surface area (Å²) in [4.78, 5) is 0. The monoisotopic (exact) mass is 156 g/mol. The van der Waals surface area contributed by atoms with Gasteiger partial charge in [0.05, 0.1) is 5.75 Å². The second-order valence-electron chi connectivity index (χ2n) is 1.98. The van der Waals surface area contributed by atoms with Crippen molar-refractivity contribution < 1.29 is 8.42 Å². The zero-order valence-corrected chi connectivity index (χ0v) is 6.25. The minimum atomic E-state index is -2.28. The second kappa shape index (κ2) is 3.37. The predicted molar refractivity (Wildman–Crippen MR) is 40.5 cm³/mol. The van der Waals surface area contributed by atoms with Gasteiger partial charge in [-0.15, -0.1) is 0 Å². The van der Waals surface area contributed by atoms with Crippen LogP contribution in [-0.4, -0.2) is 8.42 Å². The van der Waals surface area contributed by atoms with Gasteiger partial charge >= 0.3 is 0 Å². The summed E-state index contributed by atoms with van der Waals surface area (Å²) >= 11 is 0. The maximum Gasteiger partial charge on any atom is 0.144 e. The van der Waals surface area contributed by atoms with E-state index < -0.39 is 10.7 Å². The molecule has 0 aliphatic rings. The lowest BCUT2D eigenvalue weighted by molar-refractivity contribution is 0.614. The van der Waals surface area contributed by atoms with Gasteiger partial charge in [0, 0.05) is 0 Å². The third-order valence-electron chi connectivity index (χ3n) is 1.15. The van der Waals surface area contributed by atoms with E-state index in [9.17, 15) is 8.42 Å². The first-order valence-corrected chi connectivity index (χ1v) is 4.31. The van der Waals surface area contributed by atoms with Crippen molar-refractivity contribution >= 4 is 10.7 Å². The molecule has 0 fully saturated rings. The van der Waals surface area contributed by atoms with Crippen LogP contribution < -0.4 is 0 Å². The van der Waals surface area contributed by atoms with Gasteiger partial charge in [0.15, 0.2) is 0 Å². The van der Waals surface area contributed by atoms with Crippen LogP contribution in [-0.2, 0) is 16.5 Å². The average molecular weight is 156 g/mol. The Bertz CT molecular complexity index is 256. The summed E-state index contributed by atoms with van der Waals surface area (Å²) in [7, 11) is -2.28. The van der Waals surface area contributed by atoms with Crippen molar-refractivity contribution in [2.45, 2.75) is 5.75 Å². The number of rotatable bonds is 2. The first-order valence-electron chi connectivity index (χ1n) is 2.95. The van der Waals surface area contributed by atoms with Gasteiger partial charge in [0.1, 0.15) is 10.7 Å². The topological polar surface area (TPSA) is 34.1 Å². The molecule has 1 aromatic carbocycles. The molecule has 0 spiro atoms. The van der Waals surface area contributed by atoms with E-state index in [0.717, 1.165) is 5.56 Å². The summed E-state index contributed by atoms with van der Waals surface area (Å²) in [6.07, 6.45) is 0. The smallest absolute Gasteiger partial charge is 0.144 e. The van der Waals surface area contributed by atoms with Crippen LogP contribution in [0.5, 0.6) is 0 Å². The molecule has 0 amide bonds. The first kappa shape index (κ1) is 7.28. The molecule has 10 heavy (non-hydrogen) atoms. The number of benzene rings is 1. The summed E-state index contributed by atoms with van der Waals surface area (Å²) in [5, 5.41) is 0. The van der Waals surface area contributed by atoms with E-state index in [4.69, 9.17) is 0 Å². The van der Waals surface area contributed by atoms with Gasteiger partial charge in [-0.25, -0.2) is 8.42 Å². The molecule has 0 aliphatic carbocycles. The van der Waals surface area contributed by atoms with E-state index in [1.165, 1.54) is 0 Å². The molecule has 3 heteroatoms. The molecule has 0 heterocycles. The zero-order chi connectivity index (χ0) is 7.40. The molecule has 0 aliphatic heterocycles. The van der Waals surface area contributed by atoms with Gasteiger partial charge in [0.2, 0.25) is 0 Å². The molecule has 0 aromatic heterocycles. The lowest BCUT2D eigenvalue weighted by Crippen LogP contribution is -1.83. The molecule has 1 rings (SSSR count). The molecule has 0 bridgehead atoms. The molecular weight excluding hydrogens is 148 g/mol. The maximum atomic E-state index is 10.2. The summed E-state index contributed by atoms with van der Waals surface area (Å²) in [5.74, 6) is 0.149. The Kier molecular flexibility index (Phi) is 2.45. The van der Waals surface area contributed by atoms with E-state index >= 15 is 0 Å². The van der Waals surface area contributed by atoms with Gasteiger partial charge in [-0.1, -0.05) is 30.3 Å². The van der Waals surface area contributed by atoms with Crippen LogP contribution in [0.4, 0.5) is 0 Å². The number of hydrogen-bond donors (Lipinski definition) is 1. The maximum absolute atomic E-state index is 10.2. The van der Waals surface area contributed by atoms with Crippen LogP contribution in [0.1, 0.15) is 5.56 Å². The standard InChI is InChI=1S/C7H8O2S/c8-10(9)6-7-4-2-1-3-5-7/h1-5,10H,6H2. The van der Waals surface area contributed by atoms with E-state index in [0.29, 0.717) is 0 Å². The highest BCUT2D eigenvalue weighted by molar-refractivity contribution is 7.71. The molecule has 2 nitrogen and oxygen atoms in total. The quantitative estimate of drug-likeness (QED) is 0.642. The van der Waals surface area contributed by atoms with Crippen molar-refractivity contribution in [1.29, 1.82) is 0 Å². The minimum Gasteiger partial charge on any atom is -0.232 e. The Morgan fingerprint density at radius 2 is 1.70 bits per heavy atom. The van der Waals surface area contributed by atoms with Gasteiger partial charge in [0.25, 0.3) is 0 Å². The number of thiol groups is 1. The van der Waals surface area contributed by atoms with E-state index in [1.807, 2.05) is 18.2 Å². The lowest BCUT2D eigenvalue weighted by atomic mass is 10.2. The Morgan fingerprint density at radius 3 is 2.20 bits per heavy atom. The van der Waals surface area contributed by atoms with Gasteiger partial charge in [-0.2, -0.15) is 0 Å². The Morgan fingerprint density at radius 1 is 1.10 bits per heavy atom. The van der Waals surface area contributed by atoms with Crippen molar-refractivity contribution in [3.05, 3.63) is 35.9 Å². The Balaban J connectivity index is 2.77. The highest BCUT2D eigenvalue weighted by atomic mass is 32.2. The van der Waals surface area contributed by atoms with Crippen LogP contribution in [0.15, 0.2) is 30.3 Å². The first-order chi connectivity index (χ1) is 4.79. The predicted octanol–water partition coefficient (Wildman–Crippen LogP) is 0.798. The van der Waals surface area contributed by atoms with Crippen molar-refractivity contribution in [2.75, 3.05) is 0 Å². The molecule has 0 atom stereocenters. The summed E-state index contributed by atoms with van der Waals surface area (Å²) < 4.78 is 20.4. The van der Waals surface area contributed by atoms with Crippen LogP contribution in [0, 0.1) is 0 Å². The van der Waals surface area contributed by atoms with Crippen molar-refractivity contribution in [1.82, 2.24) is 0 Å². The fourth-order valence-electron chi connectivity index (χ4n) is 0.732. The molecule has 0 saturated carbocycles. The highest BCUT2D eigenvalue weighted by Crippen LogP contribution is 1.98. The normalized spacial score (nSPS) is 10.1. The third-order valence-corrected chi connectivity index (χ3v) is 1.78. The Hall–Kier alpha value is -0.830. The van der Waals surface area contributed by atoms with Crippen molar-refractivity contribution in [3.8, 4) is 0 Å². The largest absolute Gasteiger partial charge is 0.232 e. The minimum absolute atomic E-state index is 0.149. The number of hydrogen-bond acceptors (Lipinski definition) is 2. The van der Waals surface area contributed by atoms with E-state index in [2.05, 4.69) is 0 Å². The van der Waals surface area contributed by atoms with Crippen LogP contribution in [0.3, 0.4) is 0 Å². The van der Waals surface area contributed by atoms with E-state index in [-0.39, 0.29) is 5.75 Å². The Labute approximate surface area is 61.5 Å². The van der Waals surface area contributed by atoms with Gasteiger partial charge in [-0.05, 0) is 5.56 Å². The highest BCUT2D eigenvalue weighted by Gasteiger charge is 1.89. The summed E-state index contributed by atoms with van der Waals surface area (Å²) in [6, 6.07) is 9.11. The van der Waals surface area contributed by atoms with E-state index in [1.54, 1.807) is 12.1 Å². The molecule has 0 unspecified atom stereocenters.